The van der Waals surface area contributed by atoms with Gasteiger partial charge in [0.2, 0.25) is 0 Å². The van der Waals surface area contributed by atoms with Crippen molar-refractivity contribution in [1.82, 2.24) is 4.90 Å². The highest BCUT2D eigenvalue weighted by molar-refractivity contribution is 4.84. The van der Waals surface area contributed by atoms with E-state index in [1.54, 1.807) is 0 Å². The Balaban J connectivity index is 2.53. The predicted octanol–water partition coefficient (Wildman–Crippen LogP) is 2.52. The highest BCUT2D eigenvalue weighted by atomic mass is 19.3. The van der Waals surface area contributed by atoms with E-state index in [9.17, 15) is 8.78 Å². The number of nitrogens with zero attached hydrogens (tertiary/aromatic N) is 1. The first-order chi connectivity index (χ1) is 5.59. The molecule has 0 aliphatic carbocycles. The van der Waals surface area contributed by atoms with Crippen molar-refractivity contribution in [1.29, 1.82) is 0 Å². The lowest BCUT2D eigenvalue weighted by atomic mass is 9.97. The molecule has 0 N–H and O–H groups in total. The topological polar surface area (TPSA) is 3.24 Å². The van der Waals surface area contributed by atoms with Crippen LogP contribution in [0.15, 0.2) is 0 Å². The quantitative estimate of drug-likeness (QED) is 0.626. The lowest BCUT2D eigenvalue weighted by molar-refractivity contribution is -0.0775. The molecule has 0 amide bonds. The van der Waals surface area contributed by atoms with Gasteiger partial charge in [-0.3, -0.25) is 0 Å². The summed E-state index contributed by atoms with van der Waals surface area (Å²) in [5, 5.41) is 0. The molecule has 3 heteroatoms. The van der Waals surface area contributed by atoms with Gasteiger partial charge in [-0.25, -0.2) is 8.78 Å². The van der Waals surface area contributed by atoms with Crippen LogP contribution in [-0.2, 0) is 0 Å². The maximum absolute atomic E-state index is 12.9. The number of hydrogen-bond acceptors (Lipinski definition) is 1. The molecule has 1 unspecified atom stereocenters. The SMILES string of the molecule is CCC1CC(F)(F)CCN1CC. The fourth-order valence-electron chi connectivity index (χ4n) is 1.88. The van der Waals surface area contributed by atoms with Gasteiger partial charge in [0.05, 0.1) is 0 Å². The third kappa shape index (κ3) is 2.16. The molecule has 1 fully saturated rings. The van der Waals surface area contributed by atoms with Gasteiger partial charge in [-0.2, -0.15) is 0 Å². The van der Waals surface area contributed by atoms with Crippen molar-refractivity contribution in [2.45, 2.75) is 45.1 Å². The number of hydrogen-bond donors (Lipinski definition) is 0. The van der Waals surface area contributed by atoms with E-state index in [-0.39, 0.29) is 18.9 Å². The Kier molecular flexibility index (Phi) is 3.04. The molecule has 0 aromatic heterocycles. The van der Waals surface area contributed by atoms with Gasteiger partial charge in [-0.15, -0.1) is 0 Å². The van der Waals surface area contributed by atoms with Gasteiger partial charge in [-0.05, 0) is 13.0 Å². The van der Waals surface area contributed by atoms with E-state index in [1.807, 2.05) is 13.8 Å². The molecule has 1 heterocycles. The van der Waals surface area contributed by atoms with E-state index in [2.05, 4.69) is 4.90 Å². The second-order valence-corrected chi connectivity index (χ2v) is 3.50. The molecule has 1 aliphatic heterocycles. The van der Waals surface area contributed by atoms with E-state index in [4.69, 9.17) is 0 Å². The van der Waals surface area contributed by atoms with Gasteiger partial charge in [-0.1, -0.05) is 13.8 Å². The van der Waals surface area contributed by atoms with Crippen LogP contribution in [0.3, 0.4) is 0 Å². The maximum atomic E-state index is 12.9. The van der Waals surface area contributed by atoms with Gasteiger partial charge < -0.3 is 4.90 Å². The fraction of sp³-hybridized carbons (Fsp3) is 1.00. The third-order valence-corrected chi connectivity index (χ3v) is 2.69. The number of alkyl halides is 2. The normalized spacial score (nSPS) is 30.5. The largest absolute Gasteiger partial charge is 0.300 e. The summed E-state index contributed by atoms with van der Waals surface area (Å²) >= 11 is 0. The smallest absolute Gasteiger partial charge is 0.250 e. The molecule has 1 aliphatic rings. The third-order valence-electron chi connectivity index (χ3n) is 2.69. The first-order valence-corrected chi connectivity index (χ1v) is 4.71. The molecular formula is C9H17F2N. The number of piperidine rings is 1. The van der Waals surface area contributed by atoms with Crippen LogP contribution < -0.4 is 0 Å². The Morgan fingerprint density at radius 1 is 1.42 bits per heavy atom. The van der Waals surface area contributed by atoms with Crippen LogP contribution in [0.5, 0.6) is 0 Å². The highest BCUT2D eigenvalue weighted by Crippen LogP contribution is 2.32. The Bertz CT molecular complexity index is 147. The van der Waals surface area contributed by atoms with E-state index in [1.165, 1.54) is 0 Å². The van der Waals surface area contributed by atoms with Gasteiger partial charge in [0.15, 0.2) is 0 Å². The Morgan fingerprint density at radius 3 is 2.58 bits per heavy atom. The van der Waals surface area contributed by atoms with E-state index < -0.39 is 5.92 Å². The second kappa shape index (κ2) is 3.69. The number of likely N-dealkylation sites (tertiary alicyclic amines) is 1. The maximum Gasteiger partial charge on any atom is 0.250 e. The molecule has 72 valence electrons. The molecule has 1 nitrogen and oxygen atoms in total. The molecule has 0 saturated carbocycles. The van der Waals surface area contributed by atoms with Gasteiger partial charge in [0.25, 0.3) is 5.92 Å². The molecular weight excluding hydrogens is 160 g/mol. The molecule has 1 atom stereocenters. The van der Waals surface area contributed by atoms with Crippen LogP contribution in [-0.4, -0.2) is 30.0 Å². The minimum absolute atomic E-state index is 0.0390. The zero-order valence-electron chi connectivity index (χ0n) is 7.82. The fourth-order valence-corrected chi connectivity index (χ4v) is 1.88. The van der Waals surface area contributed by atoms with E-state index in [0.717, 1.165) is 13.0 Å². The summed E-state index contributed by atoms with van der Waals surface area (Å²) in [6.07, 6.45) is 0.929. The van der Waals surface area contributed by atoms with Crippen molar-refractivity contribution in [3.8, 4) is 0 Å². The standard InChI is InChI=1S/C9H17F2N/c1-3-8-7-9(10,11)5-6-12(8)4-2/h8H,3-7H2,1-2H3. The Hall–Kier alpha value is -0.180. The molecule has 0 aromatic rings. The van der Waals surface area contributed by atoms with Crippen LogP contribution in [0.1, 0.15) is 33.1 Å². The van der Waals surface area contributed by atoms with Crippen molar-refractivity contribution in [3.63, 3.8) is 0 Å². The zero-order valence-corrected chi connectivity index (χ0v) is 7.82. The van der Waals surface area contributed by atoms with Crippen LogP contribution in [0.25, 0.3) is 0 Å². The second-order valence-electron chi connectivity index (χ2n) is 3.50. The first-order valence-electron chi connectivity index (χ1n) is 4.71. The van der Waals surface area contributed by atoms with Gasteiger partial charge in [0, 0.05) is 25.4 Å². The molecule has 0 spiro atoms. The summed E-state index contributed by atoms with van der Waals surface area (Å²) in [6, 6.07) is 0.0961. The highest BCUT2D eigenvalue weighted by Gasteiger charge is 2.38. The lowest BCUT2D eigenvalue weighted by Gasteiger charge is -2.38. The van der Waals surface area contributed by atoms with E-state index in [0.29, 0.717) is 6.54 Å². The summed E-state index contributed by atoms with van der Waals surface area (Å²) in [5.74, 6) is -2.41. The van der Waals surface area contributed by atoms with Gasteiger partial charge in [0.1, 0.15) is 0 Å². The first kappa shape index (κ1) is 9.90. The predicted molar refractivity (Wildman–Crippen MR) is 45.5 cm³/mol. The molecule has 12 heavy (non-hydrogen) atoms. The van der Waals surface area contributed by atoms with Crippen molar-refractivity contribution in [2.75, 3.05) is 13.1 Å². The average molecular weight is 177 g/mol. The molecule has 0 radical (unpaired) electrons. The minimum atomic E-state index is -2.41. The summed E-state index contributed by atoms with van der Waals surface area (Å²) in [4.78, 5) is 2.15. The van der Waals surface area contributed by atoms with Crippen molar-refractivity contribution in [3.05, 3.63) is 0 Å². The van der Waals surface area contributed by atoms with Crippen LogP contribution >= 0.6 is 0 Å². The van der Waals surface area contributed by atoms with Gasteiger partial charge >= 0.3 is 0 Å². The molecule has 0 bridgehead atoms. The number of halogens is 2. The summed E-state index contributed by atoms with van der Waals surface area (Å²) in [5.41, 5.74) is 0. The lowest BCUT2D eigenvalue weighted by Crippen LogP contribution is -2.46. The summed E-state index contributed by atoms with van der Waals surface area (Å²) in [6.45, 7) is 5.47. The van der Waals surface area contributed by atoms with E-state index >= 15 is 0 Å². The molecule has 1 rings (SSSR count). The zero-order chi connectivity index (χ0) is 9.19. The number of rotatable bonds is 2. The van der Waals surface area contributed by atoms with Crippen molar-refractivity contribution < 1.29 is 8.78 Å². The minimum Gasteiger partial charge on any atom is -0.300 e. The molecule has 1 saturated heterocycles. The monoisotopic (exact) mass is 177 g/mol. The van der Waals surface area contributed by atoms with Crippen molar-refractivity contribution in [2.24, 2.45) is 0 Å². The summed E-state index contributed by atoms with van der Waals surface area (Å²) in [7, 11) is 0. The van der Waals surface area contributed by atoms with Crippen LogP contribution in [0.4, 0.5) is 8.78 Å². The van der Waals surface area contributed by atoms with Crippen LogP contribution in [0, 0.1) is 0 Å². The Morgan fingerprint density at radius 2 is 2.08 bits per heavy atom. The average Bonchev–Trinajstić information content (AvgIpc) is 2.03. The van der Waals surface area contributed by atoms with Crippen LogP contribution in [0.2, 0.25) is 0 Å². The Labute approximate surface area is 72.7 Å². The van der Waals surface area contributed by atoms with Crippen molar-refractivity contribution >= 4 is 0 Å². The molecule has 0 aromatic carbocycles. The summed E-state index contributed by atoms with van der Waals surface area (Å²) < 4.78 is 25.8.